The minimum Gasteiger partial charge on any atom is -0.385 e. The van der Waals surface area contributed by atoms with Gasteiger partial charge in [0.25, 0.3) is 5.91 Å². The van der Waals surface area contributed by atoms with Gasteiger partial charge in [-0.2, -0.15) is 0 Å². The Hall–Kier alpha value is -1.51. The molecule has 19 heavy (non-hydrogen) atoms. The van der Waals surface area contributed by atoms with Crippen molar-refractivity contribution in [1.29, 1.82) is 0 Å². The fraction of sp³-hybridized carbons (Fsp3) is 0.562. The number of carbonyl (C=O) groups is 1. The van der Waals surface area contributed by atoms with Crippen LogP contribution in [0.15, 0.2) is 24.3 Å². The number of hydrogen-bond donors (Lipinski definition) is 2. The predicted octanol–water partition coefficient (Wildman–Crippen LogP) is 3.43. The number of rotatable bonds is 4. The van der Waals surface area contributed by atoms with E-state index in [0.717, 1.165) is 24.2 Å². The van der Waals surface area contributed by atoms with E-state index in [9.17, 15) is 4.79 Å². The van der Waals surface area contributed by atoms with Gasteiger partial charge in [0.05, 0.1) is 0 Å². The lowest BCUT2D eigenvalue weighted by molar-refractivity contribution is 0.0910. The van der Waals surface area contributed by atoms with Crippen LogP contribution >= 0.6 is 0 Å². The SMILES string of the molecule is CCNc1ccc(C(=O)NC2CCCC2(C)C)cc1. The maximum atomic E-state index is 12.2. The quantitative estimate of drug-likeness (QED) is 0.871. The maximum Gasteiger partial charge on any atom is 0.251 e. The van der Waals surface area contributed by atoms with E-state index in [1.54, 1.807) is 0 Å². The number of benzene rings is 1. The van der Waals surface area contributed by atoms with E-state index in [-0.39, 0.29) is 11.3 Å². The molecule has 0 bridgehead atoms. The molecule has 1 unspecified atom stereocenters. The number of amides is 1. The molecule has 1 amide bonds. The van der Waals surface area contributed by atoms with Gasteiger partial charge >= 0.3 is 0 Å². The van der Waals surface area contributed by atoms with E-state index in [2.05, 4.69) is 31.4 Å². The summed E-state index contributed by atoms with van der Waals surface area (Å²) in [5.41, 5.74) is 2.02. The third kappa shape index (κ3) is 3.28. The fourth-order valence-electron chi connectivity index (χ4n) is 2.78. The number of hydrogen-bond acceptors (Lipinski definition) is 2. The van der Waals surface area contributed by atoms with Crippen LogP contribution in [0, 0.1) is 5.41 Å². The Morgan fingerprint density at radius 2 is 2.00 bits per heavy atom. The summed E-state index contributed by atoms with van der Waals surface area (Å²) in [6, 6.07) is 7.98. The van der Waals surface area contributed by atoms with Crippen LogP contribution in [0.3, 0.4) is 0 Å². The molecule has 1 aliphatic carbocycles. The van der Waals surface area contributed by atoms with Gasteiger partial charge in [0.2, 0.25) is 0 Å². The van der Waals surface area contributed by atoms with Gasteiger partial charge in [-0.15, -0.1) is 0 Å². The molecule has 1 atom stereocenters. The summed E-state index contributed by atoms with van der Waals surface area (Å²) in [6.45, 7) is 7.42. The Labute approximate surface area is 115 Å². The molecule has 1 fully saturated rings. The summed E-state index contributed by atoms with van der Waals surface area (Å²) in [5.74, 6) is 0.0445. The van der Waals surface area contributed by atoms with Gasteiger partial charge in [0.15, 0.2) is 0 Å². The molecule has 0 aliphatic heterocycles. The zero-order valence-corrected chi connectivity index (χ0v) is 12.1. The van der Waals surface area contributed by atoms with E-state index >= 15 is 0 Å². The first-order valence-corrected chi connectivity index (χ1v) is 7.18. The molecule has 2 N–H and O–H groups in total. The summed E-state index contributed by atoms with van der Waals surface area (Å²) < 4.78 is 0. The standard InChI is InChI=1S/C16H24N2O/c1-4-17-13-9-7-12(8-10-13)15(19)18-14-6-5-11-16(14,2)3/h7-10,14,17H,4-6,11H2,1-3H3,(H,18,19). The Morgan fingerprint density at radius 1 is 1.32 bits per heavy atom. The second-order valence-electron chi connectivity index (χ2n) is 6.01. The van der Waals surface area contributed by atoms with Crippen LogP contribution in [0.2, 0.25) is 0 Å². The molecule has 1 saturated carbocycles. The highest BCUT2D eigenvalue weighted by Crippen LogP contribution is 2.37. The third-order valence-corrected chi connectivity index (χ3v) is 4.09. The van der Waals surface area contributed by atoms with E-state index in [1.165, 1.54) is 12.8 Å². The monoisotopic (exact) mass is 260 g/mol. The first-order chi connectivity index (χ1) is 9.03. The molecule has 0 radical (unpaired) electrons. The smallest absolute Gasteiger partial charge is 0.251 e. The van der Waals surface area contributed by atoms with Crippen molar-refractivity contribution in [1.82, 2.24) is 5.32 Å². The van der Waals surface area contributed by atoms with E-state index in [0.29, 0.717) is 6.04 Å². The van der Waals surface area contributed by atoms with Crippen LogP contribution < -0.4 is 10.6 Å². The highest BCUT2D eigenvalue weighted by molar-refractivity contribution is 5.94. The molecule has 3 nitrogen and oxygen atoms in total. The topological polar surface area (TPSA) is 41.1 Å². The van der Waals surface area contributed by atoms with E-state index in [4.69, 9.17) is 0 Å². The normalized spacial score (nSPS) is 21.1. The van der Waals surface area contributed by atoms with Crippen LogP contribution in [0.5, 0.6) is 0 Å². The molecule has 1 aromatic rings. The fourth-order valence-corrected chi connectivity index (χ4v) is 2.78. The van der Waals surface area contributed by atoms with Crippen molar-refractivity contribution < 1.29 is 4.79 Å². The zero-order chi connectivity index (χ0) is 13.9. The summed E-state index contributed by atoms with van der Waals surface area (Å²) in [5, 5.41) is 6.41. The molecular weight excluding hydrogens is 236 g/mol. The van der Waals surface area contributed by atoms with E-state index in [1.807, 2.05) is 24.3 Å². The Bertz CT molecular complexity index is 437. The molecule has 104 valence electrons. The summed E-state index contributed by atoms with van der Waals surface area (Å²) in [6.07, 6.45) is 3.49. The van der Waals surface area contributed by atoms with Crippen LogP contribution in [-0.4, -0.2) is 18.5 Å². The van der Waals surface area contributed by atoms with Gasteiger partial charge in [0.1, 0.15) is 0 Å². The van der Waals surface area contributed by atoms with Gasteiger partial charge in [-0.25, -0.2) is 0 Å². The maximum absolute atomic E-state index is 12.2. The third-order valence-electron chi connectivity index (χ3n) is 4.09. The highest BCUT2D eigenvalue weighted by Gasteiger charge is 2.35. The molecule has 0 spiro atoms. The Kier molecular flexibility index (Phi) is 4.13. The molecule has 3 heteroatoms. The van der Waals surface area contributed by atoms with Gasteiger partial charge in [-0.3, -0.25) is 4.79 Å². The average Bonchev–Trinajstić information content (AvgIpc) is 2.70. The minimum absolute atomic E-state index is 0.0445. The van der Waals surface area contributed by atoms with Crippen LogP contribution in [0.25, 0.3) is 0 Å². The Balaban J connectivity index is 2.00. The van der Waals surface area contributed by atoms with Crippen molar-refractivity contribution in [2.24, 2.45) is 5.41 Å². The zero-order valence-electron chi connectivity index (χ0n) is 12.1. The van der Waals surface area contributed by atoms with Gasteiger partial charge in [0, 0.05) is 23.8 Å². The van der Waals surface area contributed by atoms with Crippen LogP contribution in [-0.2, 0) is 0 Å². The van der Waals surface area contributed by atoms with Crippen molar-refractivity contribution in [3.05, 3.63) is 29.8 Å². The summed E-state index contributed by atoms with van der Waals surface area (Å²) in [4.78, 5) is 12.2. The first-order valence-electron chi connectivity index (χ1n) is 7.18. The molecular formula is C16H24N2O. The van der Waals surface area contributed by atoms with Gasteiger partial charge in [-0.05, 0) is 49.4 Å². The van der Waals surface area contributed by atoms with Crippen molar-refractivity contribution in [2.45, 2.75) is 46.1 Å². The average molecular weight is 260 g/mol. The molecule has 2 rings (SSSR count). The van der Waals surface area contributed by atoms with Crippen molar-refractivity contribution in [2.75, 3.05) is 11.9 Å². The minimum atomic E-state index is 0.0445. The predicted molar refractivity (Wildman–Crippen MR) is 79.5 cm³/mol. The van der Waals surface area contributed by atoms with Crippen LogP contribution in [0.4, 0.5) is 5.69 Å². The summed E-state index contributed by atoms with van der Waals surface area (Å²) in [7, 11) is 0. The Morgan fingerprint density at radius 3 is 2.53 bits per heavy atom. The first kappa shape index (κ1) is 13.9. The number of anilines is 1. The number of carbonyl (C=O) groups excluding carboxylic acids is 1. The van der Waals surface area contributed by atoms with E-state index < -0.39 is 0 Å². The molecule has 1 aromatic carbocycles. The lowest BCUT2D eigenvalue weighted by Gasteiger charge is -2.27. The molecule has 1 aliphatic rings. The summed E-state index contributed by atoms with van der Waals surface area (Å²) >= 11 is 0. The second-order valence-corrected chi connectivity index (χ2v) is 6.01. The van der Waals surface area contributed by atoms with Crippen molar-refractivity contribution in [3.8, 4) is 0 Å². The van der Waals surface area contributed by atoms with Gasteiger partial charge < -0.3 is 10.6 Å². The molecule has 0 heterocycles. The molecule has 0 aromatic heterocycles. The lowest BCUT2D eigenvalue weighted by atomic mass is 9.87. The van der Waals surface area contributed by atoms with Gasteiger partial charge in [-0.1, -0.05) is 20.3 Å². The van der Waals surface area contributed by atoms with Crippen molar-refractivity contribution in [3.63, 3.8) is 0 Å². The molecule has 0 saturated heterocycles. The van der Waals surface area contributed by atoms with Crippen LogP contribution in [0.1, 0.15) is 50.4 Å². The largest absolute Gasteiger partial charge is 0.385 e. The lowest BCUT2D eigenvalue weighted by Crippen LogP contribution is -2.41. The second kappa shape index (κ2) is 5.64. The van der Waals surface area contributed by atoms with Crippen molar-refractivity contribution >= 4 is 11.6 Å². The highest BCUT2D eigenvalue weighted by atomic mass is 16.1. The number of nitrogens with one attached hydrogen (secondary N) is 2.